The summed E-state index contributed by atoms with van der Waals surface area (Å²) in [6, 6.07) is 8.90. The largest absolute Gasteiger partial charge is 0.376 e. The fourth-order valence-electron chi connectivity index (χ4n) is 2.17. The van der Waals surface area contributed by atoms with Crippen LogP contribution in [0.4, 0.5) is 5.69 Å². The van der Waals surface area contributed by atoms with Crippen LogP contribution in [-0.4, -0.2) is 9.78 Å². The molecule has 1 aromatic carbocycles. The Kier molecular flexibility index (Phi) is 3.70. The summed E-state index contributed by atoms with van der Waals surface area (Å²) in [6.45, 7) is 6.43. The van der Waals surface area contributed by atoms with Gasteiger partial charge in [-0.15, -0.1) is 0 Å². The van der Waals surface area contributed by atoms with Crippen molar-refractivity contribution in [3.63, 3.8) is 0 Å². The second-order valence-corrected chi connectivity index (χ2v) is 4.80. The van der Waals surface area contributed by atoms with Crippen molar-refractivity contribution in [2.24, 2.45) is 7.05 Å². The molecule has 1 atom stereocenters. The Morgan fingerprint density at radius 3 is 2.83 bits per heavy atom. The topological polar surface area (TPSA) is 29.9 Å². The quantitative estimate of drug-likeness (QED) is 0.891. The minimum Gasteiger partial charge on any atom is -0.376 e. The maximum Gasteiger partial charge on any atom is 0.0853 e. The van der Waals surface area contributed by atoms with Crippen molar-refractivity contribution in [3.8, 4) is 0 Å². The highest BCUT2D eigenvalue weighted by Gasteiger charge is 2.10. The first-order chi connectivity index (χ1) is 8.60. The maximum atomic E-state index is 4.45. The van der Waals surface area contributed by atoms with Gasteiger partial charge in [-0.3, -0.25) is 4.68 Å². The first-order valence-electron chi connectivity index (χ1n) is 6.45. The molecule has 3 heteroatoms. The van der Waals surface area contributed by atoms with Gasteiger partial charge in [0.05, 0.1) is 11.4 Å². The van der Waals surface area contributed by atoms with E-state index in [2.05, 4.69) is 55.5 Å². The van der Waals surface area contributed by atoms with E-state index in [9.17, 15) is 0 Å². The van der Waals surface area contributed by atoms with E-state index >= 15 is 0 Å². The first kappa shape index (κ1) is 12.7. The molecule has 18 heavy (non-hydrogen) atoms. The van der Waals surface area contributed by atoms with Gasteiger partial charge < -0.3 is 5.32 Å². The van der Waals surface area contributed by atoms with E-state index in [1.54, 1.807) is 0 Å². The van der Waals surface area contributed by atoms with E-state index in [0.29, 0.717) is 6.04 Å². The molecule has 0 fully saturated rings. The number of nitrogens with zero attached hydrogens (tertiary/aromatic N) is 2. The van der Waals surface area contributed by atoms with Crippen LogP contribution in [0.3, 0.4) is 0 Å². The Hall–Kier alpha value is -1.77. The average Bonchev–Trinajstić information content (AvgIpc) is 2.69. The highest BCUT2D eigenvalue weighted by Crippen LogP contribution is 2.22. The molecule has 2 aromatic rings. The molecular formula is C15H21N3. The van der Waals surface area contributed by atoms with Gasteiger partial charge in [0.15, 0.2) is 0 Å². The molecule has 0 bridgehead atoms. The van der Waals surface area contributed by atoms with Crippen LogP contribution in [0.25, 0.3) is 0 Å². The number of nitrogens with one attached hydrogen (secondary N) is 1. The van der Waals surface area contributed by atoms with E-state index in [1.807, 2.05) is 17.9 Å². The molecule has 96 valence electrons. The smallest absolute Gasteiger partial charge is 0.0853 e. The zero-order chi connectivity index (χ0) is 13.1. The zero-order valence-electron chi connectivity index (χ0n) is 11.6. The zero-order valence-corrected chi connectivity index (χ0v) is 11.6. The van der Waals surface area contributed by atoms with Gasteiger partial charge in [0.1, 0.15) is 0 Å². The molecule has 1 heterocycles. The average molecular weight is 243 g/mol. The van der Waals surface area contributed by atoms with Crippen molar-refractivity contribution >= 4 is 5.69 Å². The molecule has 0 saturated heterocycles. The van der Waals surface area contributed by atoms with Crippen LogP contribution in [0.2, 0.25) is 0 Å². The lowest BCUT2D eigenvalue weighted by Gasteiger charge is -2.15. The monoisotopic (exact) mass is 243 g/mol. The fourth-order valence-corrected chi connectivity index (χ4v) is 2.17. The molecule has 1 aromatic heterocycles. The second kappa shape index (κ2) is 5.25. The second-order valence-electron chi connectivity index (χ2n) is 4.80. The predicted octanol–water partition coefficient (Wildman–Crippen LogP) is 3.46. The summed E-state index contributed by atoms with van der Waals surface area (Å²) in [6.07, 6.45) is 2.99. The number of benzene rings is 1. The number of hydrogen-bond donors (Lipinski definition) is 1. The van der Waals surface area contributed by atoms with Gasteiger partial charge in [0.2, 0.25) is 0 Å². The van der Waals surface area contributed by atoms with Gasteiger partial charge in [0.25, 0.3) is 0 Å². The number of rotatable bonds is 4. The van der Waals surface area contributed by atoms with Crippen LogP contribution in [-0.2, 0) is 13.5 Å². The first-order valence-corrected chi connectivity index (χ1v) is 6.45. The molecule has 0 amide bonds. The van der Waals surface area contributed by atoms with Crippen LogP contribution < -0.4 is 5.32 Å². The Bertz CT molecular complexity index is 528. The van der Waals surface area contributed by atoms with E-state index < -0.39 is 0 Å². The molecular weight excluding hydrogens is 222 g/mol. The molecule has 2 rings (SSSR count). The van der Waals surface area contributed by atoms with Crippen molar-refractivity contribution < 1.29 is 0 Å². The molecule has 1 N–H and O–H groups in total. The highest BCUT2D eigenvalue weighted by atomic mass is 15.3. The Balaban J connectivity index is 2.18. The third-order valence-corrected chi connectivity index (χ3v) is 3.15. The Morgan fingerprint density at radius 2 is 2.17 bits per heavy atom. The summed E-state index contributed by atoms with van der Waals surface area (Å²) in [5, 5.41) is 7.99. The van der Waals surface area contributed by atoms with Crippen molar-refractivity contribution in [2.75, 3.05) is 5.32 Å². The van der Waals surface area contributed by atoms with Gasteiger partial charge in [-0.05, 0) is 25.8 Å². The van der Waals surface area contributed by atoms with Crippen molar-refractivity contribution in [3.05, 3.63) is 47.3 Å². The lowest BCUT2D eigenvalue weighted by atomic mass is 10.1. The SMILES string of the molecule is CCc1nn(C)cc1NC(C)c1cccc(C)c1. The lowest BCUT2D eigenvalue weighted by Crippen LogP contribution is -2.07. The van der Waals surface area contributed by atoms with Crippen molar-refractivity contribution in [1.29, 1.82) is 0 Å². The van der Waals surface area contributed by atoms with Crippen LogP contribution in [0.5, 0.6) is 0 Å². The van der Waals surface area contributed by atoms with Gasteiger partial charge in [0, 0.05) is 19.3 Å². The Morgan fingerprint density at radius 1 is 1.39 bits per heavy atom. The molecule has 0 spiro atoms. The molecule has 0 saturated carbocycles. The van der Waals surface area contributed by atoms with Gasteiger partial charge >= 0.3 is 0 Å². The number of aromatic nitrogens is 2. The standard InChI is InChI=1S/C15H21N3/c1-5-14-15(10-18(4)17-14)16-12(3)13-8-6-7-11(2)9-13/h6-10,12,16H,5H2,1-4H3. The normalized spacial score (nSPS) is 12.4. The van der Waals surface area contributed by atoms with Crippen molar-refractivity contribution in [1.82, 2.24) is 9.78 Å². The summed E-state index contributed by atoms with van der Waals surface area (Å²) < 4.78 is 1.87. The molecule has 0 aliphatic heterocycles. The van der Waals surface area contributed by atoms with Crippen LogP contribution in [0, 0.1) is 6.92 Å². The van der Waals surface area contributed by atoms with Crippen molar-refractivity contribution in [2.45, 2.75) is 33.2 Å². The third-order valence-electron chi connectivity index (χ3n) is 3.15. The van der Waals surface area contributed by atoms with E-state index in [4.69, 9.17) is 0 Å². The molecule has 0 radical (unpaired) electrons. The van der Waals surface area contributed by atoms with Gasteiger partial charge in [-0.2, -0.15) is 5.10 Å². The number of anilines is 1. The van der Waals surface area contributed by atoms with E-state index in [0.717, 1.165) is 17.8 Å². The van der Waals surface area contributed by atoms with Gasteiger partial charge in [-0.25, -0.2) is 0 Å². The summed E-state index contributed by atoms with van der Waals surface area (Å²) >= 11 is 0. The molecule has 1 unspecified atom stereocenters. The molecule has 3 nitrogen and oxygen atoms in total. The van der Waals surface area contributed by atoms with Crippen LogP contribution >= 0.6 is 0 Å². The summed E-state index contributed by atoms with van der Waals surface area (Å²) in [5.41, 5.74) is 4.86. The van der Waals surface area contributed by atoms with Crippen LogP contribution in [0.1, 0.15) is 36.7 Å². The van der Waals surface area contributed by atoms with Crippen LogP contribution in [0.15, 0.2) is 30.5 Å². The lowest BCUT2D eigenvalue weighted by molar-refractivity contribution is 0.746. The minimum atomic E-state index is 0.291. The summed E-state index contributed by atoms with van der Waals surface area (Å²) in [4.78, 5) is 0. The summed E-state index contributed by atoms with van der Waals surface area (Å²) in [7, 11) is 1.96. The Labute approximate surface area is 109 Å². The molecule has 0 aliphatic rings. The fraction of sp³-hybridized carbons (Fsp3) is 0.400. The highest BCUT2D eigenvalue weighted by molar-refractivity contribution is 5.48. The maximum absolute atomic E-state index is 4.45. The number of aryl methyl sites for hydroxylation is 3. The van der Waals surface area contributed by atoms with E-state index in [-0.39, 0.29) is 0 Å². The van der Waals surface area contributed by atoms with Gasteiger partial charge in [-0.1, -0.05) is 36.8 Å². The van der Waals surface area contributed by atoms with E-state index in [1.165, 1.54) is 11.1 Å². The molecule has 0 aliphatic carbocycles. The third kappa shape index (κ3) is 2.73. The minimum absolute atomic E-state index is 0.291. The summed E-state index contributed by atoms with van der Waals surface area (Å²) in [5.74, 6) is 0. The predicted molar refractivity (Wildman–Crippen MR) is 75.8 cm³/mol. The number of hydrogen-bond acceptors (Lipinski definition) is 2.